The Hall–Kier alpha value is -7.21. The molecule has 11 rings (SSSR count). The maximum atomic E-state index is 4.92. The van der Waals surface area contributed by atoms with Crippen molar-refractivity contribution in [2.45, 2.75) is 0 Å². The number of fused-ring (bicyclic) bond motifs is 6. The van der Waals surface area contributed by atoms with Gasteiger partial charge in [-0.05, 0) is 53.1 Å². The number of benzene rings is 8. The van der Waals surface area contributed by atoms with E-state index in [4.69, 9.17) is 15.0 Å². The van der Waals surface area contributed by atoms with E-state index in [1.807, 2.05) is 72.0 Å². The molecule has 8 aromatic carbocycles. The molecule has 56 heavy (non-hydrogen) atoms. The Labute approximate surface area is 327 Å². The third-order valence-corrected chi connectivity index (χ3v) is 11.8. The second-order valence-electron chi connectivity index (χ2n) is 14.0. The molecule has 0 fully saturated rings. The Morgan fingerprint density at radius 3 is 1.46 bits per heavy atom. The lowest BCUT2D eigenvalue weighted by Crippen LogP contribution is -2.00. The van der Waals surface area contributed by atoms with Gasteiger partial charge in [0, 0.05) is 53.2 Å². The van der Waals surface area contributed by atoms with E-state index in [1.54, 1.807) is 0 Å². The van der Waals surface area contributed by atoms with Gasteiger partial charge in [0.2, 0.25) is 0 Å². The van der Waals surface area contributed by atoms with Crippen molar-refractivity contribution < 1.29 is 0 Å². The van der Waals surface area contributed by atoms with Crippen LogP contribution < -0.4 is 0 Å². The summed E-state index contributed by atoms with van der Waals surface area (Å²) in [6.45, 7) is 0. The molecule has 0 radical (unpaired) electrons. The molecular weight excluding hydrogens is 701 g/mol. The molecule has 11 aromatic rings. The number of thiophene rings is 1. The lowest BCUT2D eigenvalue weighted by Gasteiger charge is -2.14. The SMILES string of the molecule is c1ccc(-c2nc(-c3ccccc3)nc(-c3ccc(-c4ccc5c(c4)sc4ccc(-c6ccccc6-n6c7ccccc7c7ccccc76)cc45)cc3)n2)cc1. The molecule has 0 aliphatic heterocycles. The molecule has 3 heterocycles. The Kier molecular flexibility index (Phi) is 7.64. The topological polar surface area (TPSA) is 43.6 Å². The van der Waals surface area contributed by atoms with Crippen molar-refractivity contribution in [3.05, 3.63) is 194 Å². The molecule has 0 spiro atoms. The number of para-hydroxylation sites is 3. The largest absolute Gasteiger partial charge is 0.309 e. The monoisotopic (exact) mass is 732 g/mol. The van der Waals surface area contributed by atoms with Gasteiger partial charge in [-0.1, -0.05) is 158 Å². The summed E-state index contributed by atoms with van der Waals surface area (Å²) in [7, 11) is 0. The fraction of sp³-hybridized carbons (Fsp3) is 0. The summed E-state index contributed by atoms with van der Waals surface area (Å²) in [5, 5.41) is 5.08. The van der Waals surface area contributed by atoms with Gasteiger partial charge >= 0.3 is 0 Å². The first-order valence-corrected chi connectivity index (χ1v) is 19.6. The Balaban J connectivity index is 0.953. The average molecular weight is 733 g/mol. The van der Waals surface area contributed by atoms with Crippen LogP contribution in [0.4, 0.5) is 0 Å². The summed E-state index contributed by atoms with van der Waals surface area (Å²) in [5.74, 6) is 1.97. The average Bonchev–Trinajstić information content (AvgIpc) is 3.82. The van der Waals surface area contributed by atoms with Crippen LogP contribution in [-0.2, 0) is 0 Å². The van der Waals surface area contributed by atoms with Crippen LogP contribution in [-0.4, -0.2) is 19.5 Å². The first-order chi connectivity index (χ1) is 27.7. The minimum Gasteiger partial charge on any atom is -0.309 e. The molecular formula is C51H32N4S. The summed E-state index contributed by atoms with van der Waals surface area (Å²) in [4.78, 5) is 14.7. The molecule has 0 atom stereocenters. The molecule has 262 valence electrons. The highest BCUT2D eigenvalue weighted by Crippen LogP contribution is 2.41. The standard InChI is InChI=1S/C51H32N4S/c1-3-13-34(14-4-1)49-52-50(35-15-5-2-6-16-35)54-51(53-49)36-25-23-33(24-26-36)37-27-29-42-43-31-38(28-30-47(43)56-48(42)32-37)39-17-7-10-20-44(39)55-45-21-11-8-18-40(45)41-19-9-12-22-46(41)55/h1-32H. The number of aromatic nitrogens is 4. The van der Waals surface area contributed by atoms with E-state index in [0.717, 1.165) is 22.3 Å². The molecule has 4 nitrogen and oxygen atoms in total. The summed E-state index contributed by atoms with van der Waals surface area (Å²) in [6.07, 6.45) is 0. The van der Waals surface area contributed by atoms with E-state index >= 15 is 0 Å². The number of nitrogens with zero attached hydrogens (tertiary/aromatic N) is 4. The molecule has 0 aliphatic carbocycles. The Morgan fingerprint density at radius 1 is 0.321 bits per heavy atom. The van der Waals surface area contributed by atoms with Crippen molar-refractivity contribution >= 4 is 53.3 Å². The zero-order chi connectivity index (χ0) is 37.0. The van der Waals surface area contributed by atoms with Gasteiger partial charge in [0.25, 0.3) is 0 Å². The first-order valence-electron chi connectivity index (χ1n) is 18.8. The van der Waals surface area contributed by atoms with Crippen molar-refractivity contribution in [1.29, 1.82) is 0 Å². The zero-order valence-electron chi connectivity index (χ0n) is 30.2. The smallest absolute Gasteiger partial charge is 0.164 e. The van der Waals surface area contributed by atoms with Gasteiger partial charge in [0.15, 0.2) is 17.5 Å². The second-order valence-corrected chi connectivity index (χ2v) is 15.1. The lowest BCUT2D eigenvalue weighted by molar-refractivity contribution is 1.07. The van der Waals surface area contributed by atoms with E-state index in [-0.39, 0.29) is 0 Å². The molecule has 0 aliphatic rings. The van der Waals surface area contributed by atoms with Crippen LogP contribution in [0.15, 0.2) is 194 Å². The van der Waals surface area contributed by atoms with Gasteiger partial charge in [-0.25, -0.2) is 15.0 Å². The van der Waals surface area contributed by atoms with Crippen molar-refractivity contribution in [2.24, 2.45) is 0 Å². The predicted octanol–water partition coefficient (Wildman–Crippen LogP) is 13.7. The number of rotatable bonds is 6. The van der Waals surface area contributed by atoms with Crippen LogP contribution in [0.2, 0.25) is 0 Å². The Bertz CT molecular complexity index is 3130. The molecule has 0 unspecified atom stereocenters. The van der Waals surface area contributed by atoms with E-state index in [9.17, 15) is 0 Å². The van der Waals surface area contributed by atoms with Crippen LogP contribution in [0.1, 0.15) is 0 Å². The summed E-state index contributed by atoms with van der Waals surface area (Å²) in [6, 6.07) is 68.7. The highest BCUT2D eigenvalue weighted by Gasteiger charge is 2.17. The summed E-state index contributed by atoms with van der Waals surface area (Å²) >= 11 is 1.85. The van der Waals surface area contributed by atoms with Gasteiger partial charge in [-0.15, -0.1) is 11.3 Å². The zero-order valence-corrected chi connectivity index (χ0v) is 31.0. The maximum Gasteiger partial charge on any atom is 0.164 e. The highest BCUT2D eigenvalue weighted by molar-refractivity contribution is 7.25. The van der Waals surface area contributed by atoms with Gasteiger partial charge < -0.3 is 4.57 Å². The van der Waals surface area contributed by atoms with Gasteiger partial charge in [0.05, 0.1) is 16.7 Å². The second kappa shape index (κ2) is 13.3. The minimum absolute atomic E-state index is 0.653. The van der Waals surface area contributed by atoms with Gasteiger partial charge in [0.1, 0.15) is 0 Å². The van der Waals surface area contributed by atoms with Crippen molar-refractivity contribution in [1.82, 2.24) is 19.5 Å². The molecule has 0 bridgehead atoms. The van der Waals surface area contributed by atoms with E-state index < -0.39 is 0 Å². The van der Waals surface area contributed by atoms with Crippen LogP contribution in [0.25, 0.3) is 104 Å². The summed E-state index contributed by atoms with van der Waals surface area (Å²) in [5.41, 5.74) is 11.2. The van der Waals surface area contributed by atoms with Crippen molar-refractivity contribution in [2.75, 3.05) is 0 Å². The highest BCUT2D eigenvalue weighted by atomic mass is 32.1. The third-order valence-electron chi connectivity index (χ3n) is 10.7. The molecule has 3 aromatic heterocycles. The minimum atomic E-state index is 0.653. The van der Waals surface area contributed by atoms with E-state index in [2.05, 4.69) is 138 Å². The van der Waals surface area contributed by atoms with Gasteiger partial charge in [-0.2, -0.15) is 0 Å². The molecule has 0 saturated carbocycles. The fourth-order valence-electron chi connectivity index (χ4n) is 7.97. The first kappa shape index (κ1) is 32.2. The Morgan fingerprint density at radius 2 is 0.821 bits per heavy atom. The van der Waals surface area contributed by atoms with Crippen molar-refractivity contribution in [3.8, 4) is 62.1 Å². The summed E-state index contributed by atoms with van der Waals surface area (Å²) < 4.78 is 4.97. The van der Waals surface area contributed by atoms with Crippen LogP contribution in [0, 0.1) is 0 Å². The molecule has 0 N–H and O–H groups in total. The normalized spacial score (nSPS) is 11.6. The van der Waals surface area contributed by atoms with E-state index in [0.29, 0.717) is 17.5 Å². The van der Waals surface area contributed by atoms with Crippen LogP contribution in [0.3, 0.4) is 0 Å². The van der Waals surface area contributed by atoms with Crippen molar-refractivity contribution in [3.63, 3.8) is 0 Å². The number of hydrogen-bond acceptors (Lipinski definition) is 4. The maximum absolute atomic E-state index is 4.92. The fourth-order valence-corrected chi connectivity index (χ4v) is 9.09. The third kappa shape index (κ3) is 5.48. The lowest BCUT2D eigenvalue weighted by atomic mass is 9.99. The van der Waals surface area contributed by atoms with Crippen LogP contribution in [0.5, 0.6) is 0 Å². The molecule has 0 amide bonds. The van der Waals surface area contributed by atoms with E-state index in [1.165, 1.54) is 64.4 Å². The molecule has 5 heteroatoms. The quantitative estimate of drug-likeness (QED) is 0.171. The number of hydrogen-bond donors (Lipinski definition) is 0. The predicted molar refractivity (Wildman–Crippen MR) is 234 cm³/mol. The van der Waals surface area contributed by atoms with Gasteiger partial charge in [-0.3, -0.25) is 0 Å². The molecule has 0 saturated heterocycles. The van der Waals surface area contributed by atoms with Crippen LogP contribution >= 0.6 is 11.3 Å².